The SMILES string of the molecule is CCCC(=O)NCCCCCNC(=O)CCn1c(CN(C)NC)cc2ccccc21. The molecule has 0 atom stereocenters. The molecule has 0 unspecified atom stereocenters. The van der Waals surface area contributed by atoms with Gasteiger partial charge in [-0.15, -0.1) is 0 Å². The topological polar surface area (TPSA) is 78.4 Å². The van der Waals surface area contributed by atoms with Crippen LogP contribution in [0, 0.1) is 0 Å². The molecule has 7 nitrogen and oxygen atoms in total. The number of benzene rings is 1. The Morgan fingerprint density at radius 2 is 1.67 bits per heavy atom. The monoisotopic (exact) mass is 415 g/mol. The second-order valence-electron chi connectivity index (χ2n) is 7.69. The Balaban J connectivity index is 1.73. The molecule has 0 aliphatic heterocycles. The van der Waals surface area contributed by atoms with Crippen LogP contribution < -0.4 is 16.1 Å². The number of hydrogen-bond acceptors (Lipinski definition) is 4. The quantitative estimate of drug-likeness (QED) is 0.327. The summed E-state index contributed by atoms with van der Waals surface area (Å²) in [7, 11) is 3.91. The van der Waals surface area contributed by atoms with Gasteiger partial charge in [0, 0.05) is 50.7 Å². The zero-order valence-electron chi connectivity index (χ0n) is 18.7. The molecule has 0 radical (unpaired) electrons. The van der Waals surface area contributed by atoms with E-state index in [4.69, 9.17) is 0 Å². The molecule has 1 heterocycles. The van der Waals surface area contributed by atoms with E-state index in [0.717, 1.165) is 44.3 Å². The van der Waals surface area contributed by atoms with E-state index < -0.39 is 0 Å². The summed E-state index contributed by atoms with van der Waals surface area (Å²) in [6.45, 7) is 4.83. The summed E-state index contributed by atoms with van der Waals surface area (Å²) in [5.41, 5.74) is 5.48. The molecule has 0 fully saturated rings. The fourth-order valence-electron chi connectivity index (χ4n) is 3.48. The highest BCUT2D eigenvalue weighted by Gasteiger charge is 2.11. The standard InChI is InChI=1S/C23H37N5O2/c1-4-10-22(29)25-14-8-5-9-15-26-23(30)13-16-28-20(18-27(3)24-2)17-19-11-6-7-12-21(19)28/h6-7,11-12,17,24H,4-5,8-10,13-16,18H2,1-3H3,(H,25,29)(H,26,30). The highest BCUT2D eigenvalue weighted by Crippen LogP contribution is 2.21. The molecule has 0 bridgehead atoms. The van der Waals surface area contributed by atoms with Crippen LogP contribution in [0.15, 0.2) is 30.3 Å². The van der Waals surface area contributed by atoms with Crippen molar-refractivity contribution in [2.24, 2.45) is 0 Å². The van der Waals surface area contributed by atoms with E-state index in [-0.39, 0.29) is 11.8 Å². The van der Waals surface area contributed by atoms with Crippen molar-refractivity contribution in [3.63, 3.8) is 0 Å². The van der Waals surface area contributed by atoms with Crippen molar-refractivity contribution < 1.29 is 9.59 Å². The summed E-state index contributed by atoms with van der Waals surface area (Å²) in [5.74, 6) is 0.209. The van der Waals surface area contributed by atoms with Crippen LogP contribution in [0.2, 0.25) is 0 Å². The van der Waals surface area contributed by atoms with Crippen molar-refractivity contribution in [3.05, 3.63) is 36.0 Å². The van der Waals surface area contributed by atoms with Crippen LogP contribution in [0.1, 0.15) is 51.1 Å². The first-order valence-electron chi connectivity index (χ1n) is 11.0. The third kappa shape index (κ3) is 7.80. The molecule has 2 rings (SSSR count). The lowest BCUT2D eigenvalue weighted by molar-refractivity contribution is -0.121. The van der Waals surface area contributed by atoms with Gasteiger partial charge in [0.25, 0.3) is 0 Å². The molecule has 2 amide bonds. The third-order valence-electron chi connectivity index (χ3n) is 5.21. The van der Waals surface area contributed by atoms with Crippen LogP contribution in [0.3, 0.4) is 0 Å². The highest BCUT2D eigenvalue weighted by molar-refractivity contribution is 5.82. The van der Waals surface area contributed by atoms with Crippen LogP contribution in [0.5, 0.6) is 0 Å². The number of hydrazine groups is 1. The second kappa shape index (κ2) is 13.0. The van der Waals surface area contributed by atoms with Crippen molar-refractivity contribution in [3.8, 4) is 0 Å². The number of unbranched alkanes of at least 4 members (excludes halogenated alkanes) is 2. The minimum atomic E-state index is 0.0805. The molecule has 0 aliphatic rings. The maximum atomic E-state index is 12.3. The van der Waals surface area contributed by atoms with Gasteiger partial charge in [-0.3, -0.25) is 15.0 Å². The average Bonchev–Trinajstić information content (AvgIpc) is 3.08. The maximum Gasteiger partial charge on any atom is 0.221 e. The van der Waals surface area contributed by atoms with Gasteiger partial charge < -0.3 is 15.2 Å². The predicted molar refractivity (Wildman–Crippen MR) is 122 cm³/mol. The van der Waals surface area contributed by atoms with Crippen molar-refractivity contribution in [2.45, 2.75) is 58.5 Å². The number of hydrogen-bond donors (Lipinski definition) is 3. The number of rotatable bonds is 14. The minimum absolute atomic E-state index is 0.0805. The molecule has 166 valence electrons. The first kappa shape index (κ1) is 23.9. The number of nitrogens with one attached hydrogen (secondary N) is 3. The maximum absolute atomic E-state index is 12.3. The third-order valence-corrected chi connectivity index (χ3v) is 5.21. The first-order chi connectivity index (χ1) is 14.5. The number of aryl methyl sites for hydroxylation is 1. The largest absolute Gasteiger partial charge is 0.356 e. The normalized spacial score (nSPS) is 11.2. The van der Waals surface area contributed by atoms with Crippen molar-refractivity contribution in [1.29, 1.82) is 0 Å². The molecule has 3 N–H and O–H groups in total. The molecule has 30 heavy (non-hydrogen) atoms. The Morgan fingerprint density at radius 1 is 1.00 bits per heavy atom. The summed E-state index contributed by atoms with van der Waals surface area (Å²) in [5, 5.41) is 9.16. The van der Waals surface area contributed by atoms with Crippen molar-refractivity contribution in [1.82, 2.24) is 25.6 Å². The molecule has 1 aromatic heterocycles. The predicted octanol–water partition coefficient (Wildman–Crippen LogP) is 2.80. The Labute approximate surface area is 180 Å². The van der Waals surface area contributed by atoms with Gasteiger partial charge in [0.1, 0.15) is 0 Å². The zero-order valence-corrected chi connectivity index (χ0v) is 18.7. The van der Waals surface area contributed by atoms with Gasteiger partial charge in [0.2, 0.25) is 11.8 Å². The fourth-order valence-corrected chi connectivity index (χ4v) is 3.48. The summed E-state index contributed by atoms with van der Waals surface area (Å²) in [6.07, 6.45) is 4.81. The van der Waals surface area contributed by atoms with E-state index in [2.05, 4.69) is 38.8 Å². The van der Waals surface area contributed by atoms with E-state index in [1.165, 1.54) is 11.1 Å². The zero-order chi connectivity index (χ0) is 21.8. The van der Waals surface area contributed by atoms with E-state index in [1.807, 2.05) is 38.2 Å². The van der Waals surface area contributed by atoms with E-state index in [9.17, 15) is 9.59 Å². The number of aromatic nitrogens is 1. The summed E-state index contributed by atoms with van der Waals surface area (Å²) in [4.78, 5) is 23.7. The van der Waals surface area contributed by atoms with Crippen LogP contribution in [0.25, 0.3) is 10.9 Å². The molecule has 7 heteroatoms. The highest BCUT2D eigenvalue weighted by atomic mass is 16.2. The van der Waals surface area contributed by atoms with E-state index in [0.29, 0.717) is 25.9 Å². The van der Waals surface area contributed by atoms with Crippen LogP contribution >= 0.6 is 0 Å². The molecule has 2 aromatic rings. The lowest BCUT2D eigenvalue weighted by atomic mass is 10.2. The fraction of sp³-hybridized carbons (Fsp3) is 0.565. The lowest BCUT2D eigenvalue weighted by Gasteiger charge is -2.17. The first-order valence-corrected chi connectivity index (χ1v) is 11.0. The van der Waals surface area contributed by atoms with Crippen molar-refractivity contribution in [2.75, 3.05) is 27.2 Å². The Bertz CT molecular complexity index is 802. The molecule has 0 aliphatic carbocycles. The van der Waals surface area contributed by atoms with Gasteiger partial charge in [-0.2, -0.15) is 0 Å². The van der Waals surface area contributed by atoms with Gasteiger partial charge in [-0.1, -0.05) is 25.1 Å². The molecule has 1 aromatic carbocycles. The van der Waals surface area contributed by atoms with Crippen LogP contribution in [-0.2, 0) is 22.7 Å². The molecule has 0 saturated carbocycles. The van der Waals surface area contributed by atoms with Crippen LogP contribution in [-0.4, -0.2) is 48.6 Å². The van der Waals surface area contributed by atoms with Crippen molar-refractivity contribution >= 4 is 22.7 Å². The average molecular weight is 416 g/mol. The number of amides is 2. The summed E-state index contributed by atoms with van der Waals surface area (Å²) in [6, 6.07) is 10.5. The van der Waals surface area contributed by atoms with Gasteiger partial charge in [-0.05, 0) is 50.2 Å². The number of nitrogens with zero attached hydrogens (tertiary/aromatic N) is 2. The van der Waals surface area contributed by atoms with Gasteiger partial charge >= 0.3 is 0 Å². The van der Waals surface area contributed by atoms with Gasteiger partial charge in [0.15, 0.2) is 0 Å². The Morgan fingerprint density at radius 3 is 2.33 bits per heavy atom. The summed E-state index contributed by atoms with van der Waals surface area (Å²) < 4.78 is 2.24. The van der Waals surface area contributed by atoms with Gasteiger partial charge in [0.05, 0.1) is 6.54 Å². The molecular formula is C23H37N5O2. The number of fused-ring (bicyclic) bond motifs is 1. The van der Waals surface area contributed by atoms with Crippen LogP contribution in [0.4, 0.5) is 0 Å². The number of para-hydroxylation sites is 1. The van der Waals surface area contributed by atoms with E-state index >= 15 is 0 Å². The molecular weight excluding hydrogens is 378 g/mol. The Kier molecular flexibility index (Phi) is 10.4. The smallest absolute Gasteiger partial charge is 0.221 e. The number of carbonyl (C=O) groups is 2. The van der Waals surface area contributed by atoms with E-state index in [1.54, 1.807) is 0 Å². The minimum Gasteiger partial charge on any atom is -0.356 e. The lowest BCUT2D eigenvalue weighted by Crippen LogP contribution is -2.31. The van der Waals surface area contributed by atoms with Gasteiger partial charge in [-0.25, -0.2) is 5.01 Å². The molecule has 0 saturated heterocycles. The summed E-state index contributed by atoms with van der Waals surface area (Å²) >= 11 is 0. The Hall–Kier alpha value is -2.38. The molecule has 0 spiro atoms. The second-order valence-corrected chi connectivity index (χ2v) is 7.69. The number of carbonyl (C=O) groups excluding carboxylic acids is 2.